The Morgan fingerprint density at radius 2 is 1.76 bits per heavy atom. The van der Waals surface area contributed by atoms with Gasteiger partial charge in [0.05, 0.1) is 38.0 Å². The number of carbonyl (C=O) groups excluding carboxylic acids is 2. The standard InChI is InChI=1S/C26H31NO7/c1-6-33-20-12-9-18(15-21(20)32-5)23-22(25(29)26(30)27(23)13-14-31-4)24(28)17-7-10-19(11-8-17)34-16(2)3/h7-12,15-16,23,28H,6,13-14H2,1-5H3/b24-22-. The second kappa shape index (κ2) is 11.1. The molecule has 34 heavy (non-hydrogen) atoms. The minimum Gasteiger partial charge on any atom is -0.507 e. The summed E-state index contributed by atoms with van der Waals surface area (Å²) in [6, 6.07) is 11.1. The third-order valence-electron chi connectivity index (χ3n) is 5.38. The van der Waals surface area contributed by atoms with E-state index in [-0.39, 0.29) is 30.6 Å². The Morgan fingerprint density at radius 1 is 1.06 bits per heavy atom. The number of hydrogen-bond donors (Lipinski definition) is 1. The van der Waals surface area contributed by atoms with Gasteiger partial charge in [0.2, 0.25) is 0 Å². The second-order valence-corrected chi connectivity index (χ2v) is 8.02. The van der Waals surface area contributed by atoms with E-state index in [4.69, 9.17) is 18.9 Å². The van der Waals surface area contributed by atoms with Crippen LogP contribution in [0.2, 0.25) is 0 Å². The normalized spacial score (nSPS) is 17.4. The number of nitrogens with zero attached hydrogens (tertiary/aromatic N) is 1. The van der Waals surface area contributed by atoms with Crippen LogP contribution in [0.3, 0.4) is 0 Å². The molecule has 0 spiro atoms. The molecule has 182 valence electrons. The predicted octanol–water partition coefficient (Wildman–Crippen LogP) is 3.95. The van der Waals surface area contributed by atoms with Gasteiger partial charge >= 0.3 is 0 Å². The number of likely N-dealkylation sites (tertiary alicyclic amines) is 1. The Kier molecular flexibility index (Phi) is 8.17. The molecule has 1 N–H and O–H groups in total. The van der Waals surface area contributed by atoms with Crippen molar-refractivity contribution < 1.29 is 33.6 Å². The highest BCUT2D eigenvalue weighted by atomic mass is 16.5. The first-order chi connectivity index (χ1) is 16.3. The van der Waals surface area contributed by atoms with Gasteiger partial charge in [-0.3, -0.25) is 9.59 Å². The Morgan fingerprint density at radius 3 is 2.35 bits per heavy atom. The molecule has 8 heteroatoms. The Balaban J connectivity index is 2.11. The third-order valence-corrected chi connectivity index (χ3v) is 5.38. The summed E-state index contributed by atoms with van der Waals surface area (Å²) >= 11 is 0. The molecule has 1 atom stereocenters. The fraction of sp³-hybridized carbons (Fsp3) is 0.385. The summed E-state index contributed by atoms with van der Waals surface area (Å²) in [5.74, 6) is -0.0625. The maximum Gasteiger partial charge on any atom is 0.295 e. The van der Waals surface area contributed by atoms with Crippen molar-refractivity contribution in [3.8, 4) is 17.2 Å². The molecule has 0 radical (unpaired) electrons. The summed E-state index contributed by atoms with van der Waals surface area (Å²) in [6.07, 6.45) is 0.000181. The zero-order valence-corrected chi connectivity index (χ0v) is 20.2. The van der Waals surface area contributed by atoms with Crippen molar-refractivity contribution >= 4 is 17.4 Å². The van der Waals surface area contributed by atoms with Crippen LogP contribution >= 0.6 is 0 Å². The van der Waals surface area contributed by atoms with E-state index < -0.39 is 17.7 Å². The Bertz CT molecular complexity index is 1060. The lowest BCUT2D eigenvalue weighted by Gasteiger charge is -2.25. The first kappa shape index (κ1) is 25.1. The zero-order chi connectivity index (χ0) is 24.8. The van der Waals surface area contributed by atoms with Gasteiger partial charge in [0.1, 0.15) is 11.5 Å². The van der Waals surface area contributed by atoms with Gasteiger partial charge in [-0.25, -0.2) is 0 Å². The van der Waals surface area contributed by atoms with E-state index in [1.54, 1.807) is 42.5 Å². The van der Waals surface area contributed by atoms with E-state index in [2.05, 4.69) is 0 Å². The molecule has 8 nitrogen and oxygen atoms in total. The molecule has 0 bridgehead atoms. The highest BCUT2D eigenvalue weighted by Gasteiger charge is 2.46. The van der Waals surface area contributed by atoms with Gasteiger partial charge in [-0.2, -0.15) is 0 Å². The molecule has 3 rings (SSSR count). The molecule has 1 saturated heterocycles. The lowest BCUT2D eigenvalue weighted by Crippen LogP contribution is -2.32. The number of methoxy groups -OCH3 is 2. The summed E-state index contributed by atoms with van der Waals surface area (Å²) in [6.45, 7) is 6.57. The van der Waals surface area contributed by atoms with Crippen molar-refractivity contribution in [1.29, 1.82) is 0 Å². The molecular formula is C26H31NO7. The first-order valence-corrected chi connectivity index (χ1v) is 11.2. The summed E-state index contributed by atoms with van der Waals surface area (Å²) in [4.78, 5) is 27.4. The van der Waals surface area contributed by atoms with Crippen LogP contribution in [0.4, 0.5) is 0 Å². The van der Waals surface area contributed by atoms with Crippen LogP contribution in [0.1, 0.15) is 37.9 Å². The Hall–Kier alpha value is -3.52. The molecule has 1 unspecified atom stereocenters. The molecule has 1 heterocycles. The number of rotatable bonds is 10. The van der Waals surface area contributed by atoms with Crippen molar-refractivity contribution in [2.24, 2.45) is 0 Å². The van der Waals surface area contributed by atoms with Gasteiger partial charge in [-0.1, -0.05) is 6.07 Å². The molecule has 0 aromatic heterocycles. The number of amides is 1. The van der Waals surface area contributed by atoms with E-state index in [0.717, 1.165) is 0 Å². The molecule has 1 aliphatic heterocycles. The summed E-state index contributed by atoms with van der Waals surface area (Å²) in [5.41, 5.74) is 1.02. The van der Waals surface area contributed by atoms with Crippen LogP contribution in [-0.4, -0.2) is 61.8 Å². The average Bonchev–Trinajstić information content (AvgIpc) is 3.07. The fourth-order valence-electron chi connectivity index (χ4n) is 3.89. The number of aliphatic hydroxyl groups excluding tert-OH is 1. The largest absolute Gasteiger partial charge is 0.507 e. The van der Waals surface area contributed by atoms with Crippen molar-refractivity contribution in [3.63, 3.8) is 0 Å². The molecule has 0 saturated carbocycles. The molecule has 2 aromatic carbocycles. The fourth-order valence-corrected chi connectivity index (χ4v) is 3.89. The molecule has 2 aromatic rings. The number of benzene rings is 2. The molecule has 1 fully saturated rings. The van der Waals surface area contributed by atoms with E-state index in [9.17, 15) is 14.7 Å². The average molecular weight is 470 g/mol. The van der Waals surface area contributed by atoms with Crippen LogP contribution in [0, 0.1) is 0 Å². The van der Waals surface area contributed by atoms with Crippen molar-refractivity contribution in [2.45, 2.75) is 32.9 Å². The van der Waals surface area contributed by atoms with Gasteiger partial charge in [0.25, 0.3) is 11.7 Å². The predicted molar refractivity (Wildman–Crippen MR) is 127 cm³/mol. The number of carbonyl (C=O) groups is 2. The van der Waals surface area contributed by atoms with Crippen LogP contribution in [0.25, 0.3) is 5.76 Å². The SMILES string of the molecule is CCOc1ccc(C2/C(=C(/O)c3ccc(OC(C)C)cc3)C(=O)C(=O)N2CCOC)cc1OC. The van der Waals surface area contributed by atoms with Crippen LogP contribution < -0.4 is 14.2 Å². The van der Waals surface area contributed by atoms with E-state index >= 15 is 0 Å². The zero-order valence-electron chi connectivity index (χ0n) is 20.2. The highest BCUT2D eigenvalue weighted by Crippen LogP contribution is 2.42. The van der Waals surface area contributed by atoms with Gasteiger partial charge in [0.15, 0.2) is 11.5 Å². The minimum atomic E-state index is -0.814. The molecule has 1 amide bonds. The number of Topliss-reactive ketones (excluding diaryl/α,β-unsaturated/α-hetero) is 1. The van der Waals surface area contributed by atoms with Crippen LogP contribution in [0.5, 0.6) is 17.2 Å². The van der Waals surface area contributed by atoms with Gasteiger partial charge in [-0.05, 0) is 62.7 Å². The maximum atomic E-state index is 13.1. The lowest BCUT2D eigenvalue weighted by molar-refractivity contribution is -0.140. The topological polar surface area (TPSA) is 94.5 Å². The first-order valence-electron chi connectivity index (χ1n) is 11.2. The summed E-state index contributed by atoms with van der Waals surface area (Å²) in [7, 11) is 3.04. The van der Waals surface area contributed by atoms with Gasteiger partial charge in [-0.15, -0.1) is 0 Å². The van der Waals surface area contributed by atoms with Crippen molar-refractivity contribution in [1.82, 2.24) is 4.90 Å². The van der Waals surface area contributed by atoms with Crippen LogP contribution in [0.15, 0.2) is 48.0 Å². The number of ether oxygens (including phenoxy) is 4. The number of ketones is 1. The Labute approximate surface area is 199 Å². The van der Waals surface area contributed by atoms with Gasteiger partial charge in [0, 0.05) is 19.2 Å². The van der Waals surface area contributed by atoms with E-state index in [1.807, 2.05) is 20.8 Å². The minimum absolute atomic E-state index is 0.000181. The lowest BCUT2D eigenvalue weighted by atomic mass is 9.95. The van der Waals surface area contributed by atoms with Crippen molar-refractivity contribution in [3.05, 3.63) is 59.2 Å². The van der Waals surface area contributed by atoms with Crippen LogP contribution in [-0.2, 0) is 14.3 Å². The van der Waals surface area contributed by atoms with E-state index in [0.29, 0.717) is 35.0 Å². The van der Waals surface area contributed by atoms with Crippen molar-refractivity contribution in [2.75, 3.05) is 34.0 Å². The van der Waals surface area contributed by atoms with E-state index in [1.165, 1.54) is 19.1 Å². The number of aliphatic hydroxyl groups is 1. The monoisotopic (exact) mass is 469 g/mol. The number of hydrogen-bond acceptors (Lipinski definition) is 7. The summed E-state index contributed by atoms with van der Waals surface area (Å²) in [5, 5.41) is 11.2. The van der Waals surface area contributed by atoms with Gasteiger partial charge < -0.3 is 29.0 Å². The maximum absolute atomic E-state index is 13.1. The smallest absolute Gasteiger partial charge is 0.295 e. The molecule has 0 aliphatic carbocycles. The highest BCUT2D eigenvalue weighted by molar-refractivity contribution is 6.46. The molecule has 1 aliphatic rings. The second-order valence-electron chi connectivity index (χ2n) is 8.02. The molecular weight excluding hydrogens is 438 g/mol. The quantitative estimate of drug-likeness (QED) is 0.320. The third kappa shape index (κ3) is 5.17. The summed E-state index contributed by atoms with van der Waals surface area (Å²) < 4.78 is 21.9.